The lowest BCUT2D eigenvalue weighted by Crippen LogP contribution is -2.69. The number of fused-ring (bicyclic) bond motifs is 14. The molecular weight excluding hydrogens is 760 g/mol. The van der Waals surface area contributed by atoms with Crippen molar-refractivity contribution >= 4 is 141 Å². The Balaban J connectivity index is 1.17. The van der Waals surface area contributed by atoms with E-state index in [0.717, 1.165) is 101 Å². The van der Waals surface area contributed by atoms with Gasteiger partial charge in [-0.1, -0.05) is 109 Å². The van der Waals surface area contributed by atoms with Crippen molar-refractivity contribution in [3.8, 4) is 11.5 Å². The summed E-state index contributed by atoms with van der Waals surface area (Å²) >= 11 is 0. The summed E-state index contributed by atoms with van der Waals surface area (Å²) in [5.74, 6) is 1.56. The van der Waals surface area contributed by atoms with Crippen LogP contribution in [0.25, 0.3) is 43.9 Å². The standard InChI is InChI=1S/C54H29B2N3O3/c1-3-15-30(16-4-1)57-36-23-11-9-21-34(36)55-48-38(57)27-39-49-54(48)59-52-44(28-42-46(50(52)55)32-19-7-13-25-40(32)60-42)62-45-29-43-47(33-20-8-14-26-41(33)61-43)51(53(45)59)56(49)35-22-10-12-24-37(35)58(39)31-17-5-2-6-18-31/h1-29H. The summed E-state index contributed by atoms with van der Waals surface area (Å²) in [6.45, 7) is -0.270. The molecule has 7 heterocycles. The number of ether oxygens (including phenoxy) is 1. The molecule has 5 aliphatic rings. The molecule has 8 heteroatoms. The summed E-state index contributed by atoms with van der Waals surface area (Å²) in [5, 5.41) is 4.46. The summed E-state index contributed by atoms with van der Waals surface area (Å²) in [6, 6.07) is 63.5. The Morgan fingerprint density at radius 3 is 1.27 bits per heavy atom. The molecule has 0 atom stereocenters. The predicted octanol–water partition coefficient (Wildman–Crippen LogP) is 10.3. The number of rotatable bonds is 2. The Labute approximate surface area is 355 Å². The fourth-order valence-corrected chi connectivity index (χ4v) is 12.0. The highest BCUT2D eigenvalue weighted by Crippen LogP contribution is 2.58. The SMILES string of the molecule is c1ccc(N2c3ccccc3B3c4c2cc2c5c4N4c6c(cc7oc8ccccc8c7c63)Oc3cc6oc7ccccc7c6c(c34)B5c3ccccc3N2c2ccccc2)cc1. The molecule has 0 amide bonds. The highest BCUT2D eigenvalue weighted by molar-refractivity contribution is 7.06. The Kier molecular flexibility index (Phi) is 5.63. The van der Waals surface area contributed by atoms with Gasteiger partial charge in [0.2, 0.25) is 0 Å². The molecule has 0 saturated carbocycles. The highest BCUT2D eigenvalue weighted by atomic mass is 16.5. The summed E-state index contributed by atoms with van der Waals surface area (Å²) in [7, 11) is 0. The zero-order valence-electron chi connectivity index (χ0n) is 33.0. The molecular formula is C54H29B2N3O3. The van der Waals surface area contributed by atoms with E-state index in [1.165, 1.54) is 38.5 Å². The van der Waals surface area contributed by atoms with Crippen molar-refractivity contribution in [1.29, 1.82) is 0 Å². The molecule has 0 fully saturated rings. The van der Waals surface area contributed by atoms with Crippen LogP contribution < -0.4 is 52.2 Å². The maximum atomic E-state index is 7.31. The molecule has 0 spiro atoms. The molecule has 6 nitrogen and oxygen atoms in total. The van der Waals surface area contributed by atoms with Gasteiger partial charge in [-0.2, -0.15) is 0 Å². The van der Waals surface area contributed by atoms with Crippen LogP contribution in [0.1, 0.15) is 0 Å². The van der Waals surface area contributed by atoms with E-state index in [1.807, 2.05) is 0 Å². The molecule has 0 bridgehead atoms. The molecule has 16 rings (SSSR count). The van der Waals surface area contributed by atoms with Crippen LogP contribution in [-0.2, 0) is 0 Å². The lowest BCUT2D eigenvalue weighted by atomic mass is 9.28. The van der Waals surface area contributed by atoms with Crippen molar-refractivity contribution < 1.29 is 13.6 Å². The number of benzene rings is 9. The highest BCUT2D eigenvalue weighted by Gasteiger charge is 2.55. The first-order chi connectivity index (χ1) is 30.8. The minimum atomic E-state index is -0.135. The van der Waals surface area contributed by atoms with Crippen molar-refractivity contribution in [2.45, 2.75) is 0 Å². The van der Waals surface area contributed by atoms with Gasteiger partial charge in [-0.05, 0) is 87.4 Å². The molecule has 9 aromatic carbocycles. The maximum Gasteiger partial charge on any atom is 0.253 e. The van der Waals surface area contributed by atoms with Gasteiger partial charge in [0.05, 0.1) is 11.4 Å². The van der Waals surface area contributed by atoms with E-state index < -0.39 is 0 Å². The van der Waals surface area contributed by atoms with Gasteiger partial charge in [-0.25, -0.2) is 0 Å². The van der Waals surface area contributed by atoms with Gasteiger partial charge in [0, 0.05) is 73.5 Å². The quantitative estimate of drug-likeness (QED) is 0.163. The maximum absolute atomic E-state index is 7.31. The van der Waals surface area contributed by atoms with Crippen molar-refractivity contribution in [3.63, 3.8) is 0 Å². The third kappa shape index (κ3) is 3.65. The molecule has 62 heavy (non-hydrogen) atoms. The Bertz CT molecular complexity index is 3600. The van der Waals surface area contributed by atoms with Crippen LogP contribution in [-0.4, -0.2) is 13.4 Å². The molecule has 2 aromatic heterocycles. The fourth-order valence-electron chi connectivity index (χ4n) is 12.0. The van der Waals surface area contributed by atoms with Gasteiger partial charge < -0.3 is 28.3 Å². The van der Waals surface area contributed by atoms with E-state index in [-0.39, 0.29) is 13.4 Å². The van der Waals surface area contributed by atoms with E-state index in [2.05, 4.69) is 191 Å². The summed E-state index contributed by atoms with van der Waals surface area (Å²) in [6.07, 6.45) is 0. The lowest BCUT2D eigenvalue weighted by Gasteiger charge is -2.52. The fraction of sp³-hybridized carbons (Fsp3) is 0. The lowest BCUT2D eigenvalue weighted by molar-refractivity contribution is 0.477. The third-order valence-corrected chi connectivity index (χ3v) is 14.2. The summed E-state index contributed by atoms with van der Waals surface area (Å²) in [4.78, 5) is 7.60. The van der Waals surface area contributed by atoms with Crippen LogP contribution in [0, 0.1) is 0 Å². The Hall–Kier alpha value is -8.09. The summed E-state index contributed by atoms with van der Waals surface area (Å²) < 4.78 is 20.9. The number of anilines is 9. The van der Waals surface area contributed by atoms with Gasteiger partial charge >= 0.3 is 0 Å². The molecule has 5 aliphatic heterocycles. The minimum Gasteiger partial charge on any atom is -0.456 e. The smallest absolute Gasteiger partial charge is 0.253 e. The van der Waals surface area contributed by atoms with Crippen LogP contribution >= 0.6 is 0 Å². The first-order valence-corrected chi connectivity index (χ1v) is 21.3. The molecule has 284 valence electrons. The van der Waals surface area contributed by atoms with Gasteiger partial charge in [0.1, 0.15) is 22.3 Å². The molecule has 0 radical (unpaired) electrons. The number of furan rings is 2. The molecule has 0 unspecified atom stereocenters. The van der Waals surface area contributed by atoms with Crippen LogP contribution in [0.5, 0.6) is 11.5 Å². The average Bonchev–Trinajstić information content (AvgIpc) is 3.89. The van der Waals surface area contributed by atoms with Crippen molar-refractivity contribution in [3.05, 3.63) is 176 Å². The van der Waals surface area contributed by atoms with E-state index in [0.29, 0.717) is 0 Å². The second-order valence-corrected chi connectivity index (χ2v) is 17.1. The number of hydrogen-bond acceptors (Lipinski definition) is 6. The van der Waals surface area contributed by atoms with Crippen LogP contribution in [0.2, 0.25) is 0 Å². The second kappa shape index (κ2) is 11.0. The van der Waals surface area contributed by atoms with E-state index in [4.69, 9.17) is 13.6 Å². The van der Waals surface area contributed by atoms with Crippen LogP contribution in [0.15, 0.2) is 185 Å². The van der Waals surface area contributed by atoms with Crippen LogP contribution in [0.3, 0.4) is 0 Å². The van der Waals surface area contributed by atoms with E-state index >= 15 is 0 Å². The average molecular weight is 789 g/mol. The Morgan fingerprint density at radius 2 is 0.774 bits per heavy atom. The van der Waals surface area contributed by atoms with Gasteiger partial charge in [-0.3, -0.25) is 0 Å². The van der Waals surface area contributed by atoms with E-state index in [1.54, 1.807) is 0 Å². The zero-order valence-corrected chi connectivity index (χ0v) is 33.0. The molecule has 0 aliphatic carbocycles. The topological polar surface area (TPSA) is 45.2 Å². The van der Waals surface area contributed by atoms with Gasteiger partial charge in [0.15, 0.2) is 11.5 Å². The van der Waals surface area contributed by atoms with Crippen molar-refractivity contribution in [1.82, 2.24) is 0 Å². The minimum absolute atomic E-state index is 0.135. The monoisotopic (exact) mass is 789 g/mol. The first kappa shape index (κ1) is 31.8. The number of para-hydroxylation sites is 6. The Morgan fingerprint density at radius 1 is 0.339 bits per heavy atom. The van der Waals surface area contributed by atoms with Crippen molar-refractivity contribution in [2.75, 3.05) is 14.7 Å². The summed E-state index contributed by atoms with van der Waals surface area (Å²) in [5.41, 5.74) is 21.1. The molecule has 11 aromatic rings. The van der Waals surface area contributed by atoms with Crippen molar-refractivity contribution in [2.24, 2.45) is 0 Å². The normalized spacial score (nSPS) is 14.4. The van der Waals surface area contributed by atoms with Gasteiger partial charge in [-0.15, -0.1) is 0 Å². The number of hydrogen-bond donors (Lipinski definition) is 0. The predicted molar refractivity (Wildman–Crippen MR) is 254 cm³/mol. The number of nitrogens with zero attached hydrogens (tertiary/aromatic N) is 3. The molecule has 0 N–H and O–H groups in total. The molecule has 0 saturated heterocycles. The zero-order chi connectivity index (χ0) is 39.9. The largest absolute Gasteiger partial charge is 0.456 e. The second-order valence-electron chi connectivity index (χ2n) is 17.1. The van der Waals surface area contributed by atoms with Crippen LogP contribution in [0.4, 0.5) is 51.2 Å². The third-order valence-electron chi connectivity index (χ3n) is 14.2. The van der Waals surface area contributed by atoms with E-state index in [9.17, 15) is 0 Å². The first-order valence-electron chi connectivity index (χ1n) is 21.3. The van der Waals surface area contributed by atoms with Gasteiger partial charge in [0.25, 0.3) is 13.4 Å².